The summed E-state index contributed by atoms with van der Waals surface area (Å²) in [5.74, 6) is -2.97. The second-order valence-corrected chi connectivity index (χ2v) is 12.3. The van der Waals surface area contributed by atoms with Gasteiger partial charge < -0.3 is 26.0 Å². The van der Waals surface area contributed by atoms with E-state index in [-0.39, 0.29) is 17.4 Å². The van der Waals surface area contributed by atoms with E-state index < -0.39 is 57.8 Å². The number of likely N-dealkylation sites (tertiary alicyclic amines) is 1. The second kappa shape index (κ2) is 12.2. The largest absolute Gasteiger partial charge is 0.459 e. The number of piperidine rings is 1. The van der Waals surface area contributed by atoms with E-state index in [4.69, 9.17) is 21.6 Å². The Morgan fingerprint density at radius 2 is 1.82 bits per heavy atom. The Bertz CT molecular complexity index is 1400. The van der Waals surface area contributed by atoms with Crippen LogP contribution < -0.4 is 16.2 Å². The minimum absolute atomic E-state index is 0.0884. The van der Waals surface area contributed by atoms with Crippen molar-refractivity contribution in [3.05, 3.63) is 42.5 Å². The molecule has 1 aliphatic rings. The third-order valence-corrected chi connectivity index (χ3v) is 9.06. The SMILES string of the molecule is CC(C)[C@@](C)(C(=O)O[C@H]1CCCN(C(=N)N)C1)N(C)C(=O)[C@H](CC(N)=O)NS(=O)(=O)c1ccc2ccccc2c1. The van der Waals surface area contributed by atoms with E-state index in [1.54, 1.807) is 36.9 Å². The summed E-state index contributed by atoms with van der Waals surface area (Å²) in [6.07, 6.45) is 0.0775. The van der Waals surface area contributed by atoms with Gasteiger partial charge in [0.25, 0.3) is 0 Å². The second-order valence-electron chi connectivity index (χ2n) is 10.6. The lowest BCUT2D eigenvalue weighted by molar-refractivity contribution is -0.172. The summed E-state index contributed by atoms with van der Waals surface area (Å²) in [6, 6.07) is 10.2. The van der Waals surface area contributed by atoms with Gasteiger partial charge in [-0.05, 0) is 48.6 Å². The predicted octanol–water partition coefficient (Wildman–Crippen LogP) is 1.14. The van der Waals surface area contributed by atoms with E-state index in [2.05, 4.69) is 4.72 Å². The van der Waals surface area contributed by atoms with Crippen molar-refractivity contribution >= 4 is 44.5 Å². The molecule has 218 valence electrons. The number of fused-ring (bicyclic) bond motifs is 1. The van der Waals surface area contributed by atoms with Gasteiger partial charge in [0.2, 0.25) is 21.8 Å². The number of hydrogen-bond donors (Lipinski definition) is 4. The molecule has 2 aromatic carbocycles. The number of nitrogens with two attached hydrogens (primary N) is 2. The molecule has 0 spiro atoms. The average Bonchev–Trinajstić information content (AvgIpc) is 2.90. The number of carbonyl (C=O) groups is 3. The van der Waals surface area contributed by atoms with Crippen molar-refractivity contribution in [2.75, 3.05) is 20.1 Å². The summed E-state index contributed by atoms with van der Waals surface area (Å²) < 4.78 is 34.7. The number of guanidine groups is 1. The average molecular weight is 575 g/mol. The van der Waals surface area contributed by atoms with Gasteiger partial charge in [-0.15, -0.1) is 0 Å². The van der Waals surface area contributed by atoms with Gasteiger partial charge >= 0.3 is 5.97 Å². The molecule has 0 aliphatic carbocycles. The van der Waals surface area contributed by atoms with Crippen molar-refractivity contribution in [1.29, 1.82) is 5.41 Å². The Morgan fingerprint density at radius 3 is 2.42 bits per heavy atom. The van der Waals surface area contributed by atoms with Crippen LogP contribution in [0, 0.1) is 11.3 Å². The highest BCUT2D eigenvalue weighted by Crippen LogP contribution is 2.29. The number of esters is 1. The van der Waals surface area contributed by atoms with Gasteiger partial charge in [0, 0.05) is 13.6 Å². The maximum absolute atomic E-state index is 13.7. The van der Waals surface area contributed by atoms with Gasteiger partial charge in [0.05, 0.1) is 17.9 Å². The van der Waals surface area contributed by atoms with Gasteiger partial charge in [0.15, 0.2) is 5.96 Å². The molecule has 1 aliphatic heterocycles. The van der Waals surface area contributed by atoms with Crippen molar-refractivity contribution < 1.29 is 27.5 Å². The molecule has 1 saturated heterocycles. The smallest absolute Gasteiger partial charge is 0.332 e. The summed E-state index contributed by atoms with van der Waals surface area (Å²) >= 11 is 0. The van der Waals surface area contributed by atoms with Gasteiger partial charge in [-0.25, -0.2) is 13.2 Å². The molecule has 2 amide bonds. The highest BCUT2D eigenvalue weighted by molar-refractivity contribution is 7.89. The Morgan fingerprint density at radius 1 is 1.18 bits per heavy atom. The van der Waals surface area contributed by atoms with Crippen LogP contribution in [0.25, 0.3) is 10.8 Å². The van der Waals surface area contributed by atoms with Crippen LogP contribution in [0.4, 0.5) is 0 Å². The molecule has 40 heavy (non-hydrogen) atoms. The lowest BCUT2D eigenvalue weighted by atomic mass is 9.86. The van der Waals surface area contributed by atoms with Gasteiger partial charge in [0.1, 0.15) is 17.7 Å². The van der Waals surface area contributed by atoms with Crippen molar-refractivity contribution in [2.45, 2.75) is 62.6 Å². The Labute approximate surface area is 234 Å². The highest BCUT2D eigenvalue weighted by Gasteiger charge is 2.47. The number of ether oxygens (including phenoxy) is 1. The summed E-state index contributed by atoms with van der Waals surface area (Å²) in [7, 11) is -2.89. The topological polar surface area (TPSA) is 189 Å². The van der Waals surface area contributed by atoms with Crippen molar-refractivity contribution in [2.24, 2.45) is 17.4 Å². The third-order valence-electron chi connectivity index (χ3n) is 7.59. The molecule has 0 aromatic heterocycles. The number of nitrogens with zero attached hydrogens (tertiary/aromatic N) is 2. The van der Waals surface area contributed by atoms with Crippen LogP contribution in [0.3, 0.4) is 0 Å². The molecule has 0 bridgehead atoms. The number of sulfonamides is 1. The predicted molar refractivity (Wildman–Crippen MR) is 150 cm³/mol. The standard InChI is InChI=1S/C27H38N6O6S/c1-17(2)27(3,25(36)39-20-10-7-13-33(16-20)26(29)30)32(4)24(35)22(15-23(28)34)31-40(37,38)21-12-11-18-8-5-6-9-19(18)14-21/h5-6,8-9,11-12,14,17,20,22,31H,7,10,13,15-16H2,1-4H3,(H2,28,34)(H3,29,30)/t20-,22-,27-/m0/s1. The normalized spacial score (nSPS) is 18.1. The van der Waals surface area contributed by atoms with Crippen LogP contribution in [0.2, 0.25) is 0 Å². The van der Waals surface area contributed by atoms with Crippen LogP contribution in [-0.4, -0.2) is 79.8 Å². The third kappa shape index (κ3) is 6.70. The van der Waals surface area contributed by atoms with E-state index in [9.17, 15) is 22.8 Å². The monoisotopic (exact) mass is 574 g/mol. The van der Waals surface area contributed by atoms with Gasteiger partial charge in [-0.2, -0.15) is 4.72 Å². The van der Waals surface area contributed by atoms with Gasteiger partial charge in [-0.1, -0.05) is 44.2 Å². The first-order chi connectivity index (χ1) is 18.7. The van der Waals surface area contributed by atoms with Crippen LogP contribution in [0.1, 0.15) is 40.0 Å². The fourth-order valence-electron chi connectivity index (χ4n) is 4.72. The van der Waals surface area contributed by atoms with Crippen molar-refractivity contribution in [1.82, 2.24) is 14.5 Å². The van der Waals surface area contributed by atoms with Crippen LogP contribution in [0.5, 0.6) is 0 Å². The first-order valence-electron chi connectivity index (χ1n) is 13.0. The number of benzene rings is 2. The van der Waals surface area contributed by atoms with Crippen LogP contribution in [0.15, 0.2) is 47.4 Å². The fraction of sp³-hybridized carbons (Fsp3) is 0.481. The zero-order valence-corrected chi connectivity index (χ0v) is 24.0. The Kier molecular flexibility index (Phi) is 9.41. The Balaban J connectivity index is 1.86. The number of amides is 2. The molecule has 6 N–H and O–H groups in total. The van der Waals surface area contributed by atoms with E-state index in [0.717, 1.165) is 10.3 Å². The molecule has 3 atom stereocenters. The molecule has 0 unspecified atom stereocenters. The van der Waals surface area contributed by atoms with E-state index in [1.807, 2.05) is 12.1 Å². The summed E-state index contributed by atoms with van der Waals surface area (Å²) in [6.45, 7) is 5.83. The zero-order valence-electron chi connectivity index (χ0n) is 23.2. The maximum Gasteiger partial charge on any atom is 0.332 e. The highest BCUT2D eigenvalue weighted by atomic mass is 32.2. The molecule has 1 heterocycles. The maximum atomic E-state index is 13.7. The lowest BCUT2D eigenvalue weighted by Crippen LogP contribution is -2.62. The van der Waals surface area contributed by atoms with Crippen LogP contribution in [-0.2, 0) is 29.1 Å². The number of carbonyl (C=O) groups excluding carboxylic acids is 3. The molecular weight excluding hydrogens is 536 g/mol. The van der Waals surface area contributed by atoms with Crippen molar-refractivity contribution in [3.8, 4) is 0 Å². The molecule has 1 fully saturated rings. The molecule has 2 aromatic rings. The number of hydrogen-bond acceptors (Lipinski definition) is 7. The lowest BCUT2D eigenvalue weighted by Gasteiger charge is -2.42. The zero-order chi connectivity index (χ0) is 29.8. The molecule has 0 saturated carbocycles. The van der Waals surface area contributed by atoms with E-state index in [0.29, 0.717) is 24.8 Å². The van der Waals surface area contributed by atoms with E-state index >= 15 is 0 Å². The molecular formula is C27H38N6O6S. The first-order valence-corrected chi connectivity index (χ1v) is 14.5. The fourth-order valence-corrected chi connectivity index (χ4v) is 5.94. The molecule has 3 rings (SSSR count). The number of likely N-dealkylation sites (N-methyl/N-ethyl adjacent to an activating group) is 1. The molecule has 0 radical (unpaired) electrons. The van der Waals surface area contributed by atoms with Gasteiger partial charge in [-0.3, -0.25) is 15.0 Å². The summed E-state index contributed by atoms with van der Waals surface area (Å²) in [4.78, 5) is 41.8. The quantitative estimate of drug-likeness (QED) is 0.184. The van der Waals surface area contributed by atoms with Crippen LogP contribution >= 0.6 is 0 Å². The summed E-state index contributed by atoms with van der Waals surface area (Å²) in [5, 5.41) is 9.19. The molecule has 13 heteroatoms. The number of nitrogens with one attached hydrogen (secondary N) is 2. The minimum Gasteiger partial charge on any atom is -0.459 e. The van der Waals surface area contributed by atoms with Crippen molar-refractivity contribution in [3.63, 3.8) is 0 Å². The van der Waals surface area contributed by atoms with E-state index in [1.165, 1.54) is 26.1 Å². The minimum atomic E-state index is -4.26. The summed E-state index contributed by atoms with van der Waals surface area (Å²) in [5.41, 5.74) is 9.47. The number of rotatable bonds is 10. The molecule has 12 nitrogen and oxygen atoms in total. The first kappa shape index (κ1) is 30.8. The number of primary amides is 1. The Hall–Kier alpha value is -3.71.